The number of carbonyl (C=O) groups excluding carboxylic acids is 2. The van der Waals surface area contributed by atoms with Crippen molar-refractivity contribution in [2.24, 2.45) is 0 Å². The summed E-state index contributed by atoms with van der Waals surface area (Å²) in [5.74, 6) is 0.287. The zero-order valence-electron chi connectivity index (χ0n) is 45.6. The first-order chi connectivity index (χ1) is 30.3. The van der Waals surface area contributed by atoms with Crippen LogP contribution in [0.1, 0.15) is 83.1 Å². The Kier molecular flexibility index (Phi) is 98.9. The van der Waals surface area contributed by atoms with Gasteiger partial charge < -0.3 is 92.7 Å². The molecule has 0 aromatic carbocycles. The summed E-state index contributed by atoms with van der Waals surface area (Å²) in [6.07, 6.45) is 4.59. The standard InChI is InChI=1S/2C17H29N3O.6C2H6O2.5Ni.2H2O/c2*1-6-18-12-15-10-14(3)11-16(17(15)21)13-20(7-2)9-8-19(4)5;6*1-2(3)4;;;;;;;/h2*10-12,18H,6-9,13H2,1-5H3;6*2-4H,1H3;;;;;;2*1H2/q;;;;;;;;;;;2*+2;;. The maximum absolute atomic E-state index is 12.5. The molecule has 0 bridgehead atoms. The summed E-state index contributed by atoms with van der Waals surface area (Å²) < 4.78 is 0. The van der Waals surface area contributed by atoms with E-state index in [0.29, 0.717) is 0 Å². The van der Waals surface area contributed by atoms with E-state index in [4.69, 9.17) is 61.3 Å². The molecule has 22 nitrogen and oxygen atoms in total. The molecule has 2 aliphatic rings. The number of ketones is 2. The van der Waals surface area contributed by atoms with E-state index in [1.807, 2.05) is 64.4 Å². The van der Waals surface area contributed by atoms with Crippen molar-refractivity contribution in [2.45, 2.75) is 121 Å². The van der Waals surface area contributed by atoms with Gasteiger partial charge in [0.1, 0.15) is 37.7 Å². The van der Waals surface area contributed by atoms with Crippen LogP contribution in [0.25, 0.3) is 0 Å². The van der Waals surface area contributed by atoms with Crippen molar-refractivity contribution < 1.29 is 164 Å². The third kappa shape index (κ3) is 91.0. The Morgan fingerprint density at radius 2 is 0.658 bits per heavy atom. The topological polar surface area (TPSA) is 377 Å². The zero-order valence-corrected chi connectivity index (χ0v) is 50.5. The summed E-state index contributed by atoms with van der Waals surface area (Å²) in [4.78, 5) is 34.0. The van der Waals surface area contributed by atoms with Crippen LogP contribution in [0.3, 0.4) is 0 Å². The fraction of sp³-hybridized carbons (Fsp3) is 0.696. The van der Waals surface area contributed by atoms with Gasteiger partial charge in [-0.15, -0.1) is 0 Å². The first-order valence-electron chi connectivity index (χ1n) is 22.0. The van der Waals surface area contributed by atoms with Crippen LogP contribution in [0, 0.1) is 0 Å². The minimum atomic E-state index is -1.17. The predicted octanol–water partition coefficient (Wildman–Crippen LogP) is -2.12. The molecule has 0 aromatic heterocycles. The number of likely N-dealkylation sites (N-methyl/N-ethyl adjacent to an activating group) is 4. The van der Waals surface area contributed by atoms with Crippen molar-refractivity contribution in [3.8, 4) is 0 Å². The molecule has 0 heterocycles. The second-order valence-corrected chi connectivity index (χ2v) is 15.2. The molecule has 0 aliphatic heterocycles. The van der Waals surface area contributed by atoms with E-state index in [1.165, 1.54) is 41.5 Å². The average Bonchev–Trinajstić information content (AvgIpc) is 3.15. The molecular weight excluding hydrogens is 1190 g/mol. The zero-order chi connectivity index (χ0) is 53.1. The molecule has 0 radical (unpaired) electrons. The van der Waals surface area contributed by atoms with Crippen LogP contribution in [0.4, 0.5) is 0 Å². The van der Waals surface area contributed by atoms with Gasteiger partial charge in [-0.25, -0.2) is 0 Å². The Hall–Kier alpha value is -0.872. The van der Waals surface area contributed by atoms with E-state index in [-0.39, 0.29) is 105 Å². The van der Waals surface area contributed by atoms with Crippen LogP contribution >= 0.6 is 0 Å². The molecule has 2 aliphatic carbocycles. The van der Waals surface area contributed by atoms with Crippen LogP contribution in [0.5, 0.6) is 0 Å². The number of nitrogens with zero attached hydrogens (tertiary/aromatic N) is 4. The van der Waals surface area contributed by atoms with E-state index in [9.17, 15) is 9.59 Å². The molecule has 18 N–H and O–H groups in total. The molecule has 0 amide bonds. The van der Waals surface area contributed by atoms with Crippen molar-refractivity contribution in [1.29, 1.82) is 0 Å². The Balaban J connectivity index is -0.0000000583. The van der Waals surface area contributed by atoms with Gasteiger partial charge in [-0.2, -0.15) is 0 Å². The Labute approximate surface area is 487 Å². The Morgan fingerprint density at radius 3 is 0.822 bits per heavy atom. The van der Waals surface area contributed by atoms with Gasteiger partial charge in [0.15, 0.2) is 11.6 Å². The van der Waals surface area contributed by atoms with Gasteiger partial charge in [0, 0.05) is 137 Å². The maximum Gasteiger partial charge on any atom is 2.00 e. The predicted molar refractivity (Wildman–Crippen MR) is 269 cm³/mol. The molecule has 0 unspecified atom stereocenters. The third-order valence-corrected chi connectivity index (χ3v) is 7.01. The molecule has 27 heteroatoms. The molecule has 454 valence electrons. The summed E-state index contributed by atoms with van der Waals surface area (Å²) >= 11 is 0. The number of hydrogen-bond donors (Lipinski definition) is 14. The van der Waals surface area contributed by atoms with E-state index in [2.05, 4.69) is 72.3 Å². The number of aliphatic hydroxyl groups excluding tert-OH is 6. The normalized spacial score (nSPS) is 13.0. The van der Waals surface area contributed by atoms with E-state index >= 15 is 0 Å². The summed E-state index contributed by atoms with van der Waals surface area (Å²) in [7, 11) is 8.29. The fourth-order valence-corrected chi connectivity index (χ4v) is 4.49. The van der Waals surface area contributed by atoms with Crippen LogP contribution < -0.4 is 10.6 Å². The average molecular weight is 1280 g/mol. The fourth-order valence-electron chi connectivity index (χ4n) is 4.49. The molecule has 0 saturated carbocycles. The first-order valence-corrected chi connectivity index (χ1v) is 22.0. The van der Waals surface area contributed by atoms with Crippen molar-refractivity contribution in [3.63, 3.8) is 0 Å². The van der Waals surface area contributed by atoms with Gasteiger partial charge in [0.05, 0.1) is 0 Å². The minimum Gasteiger partial charge on any atom is -0.412 e. The van der Waals surface area contributed by atoms with E-state index in [1.54, 1.807) is 0 Å². The van der Waals surface area contributed by atoms with Crippen molar-refractivity contribution in [1.82, 2.24) is 30.2 Å². The van der Waals surface area contributed by atoms with Crippen molar-refractivity contribution in [3.05, 3.63) is 70.1 Å². The molecule has 2 rings (SSSR count). The number of Topliss-reactive ketones (excluding diaryl/α,β-unsaturated/α-hetero) is 2. The smallest absolute Gasteiger partial charge is 0.412 e. The second kappa shape index (κ2) is 69.1. The molecule has 73 heavy (non-hydrogen) atoms. The van der Waals surface area contributed by atoms with Crippen LogP contribution in [-0.4, -0.2) is 235 Å². The number of allylic oxidation sites excluding steroid dienone is 8. The summed E-state index contributed by atoms with van der Waals surface area (Å²) in [5, 5.41) is 97.6. The van der Waals surface area contributed by atoms with Crippen LogP contribution in [-0.2, 0) is 92.0 Å². The second-order valence-electron chi connectivity index (χ2n) is 15.2. The molecule has 0 atom stereocenters. The molecule has 0 fully saturated rings. The number of nitrogens with one attached hydrogen (secondary N) is 2. The quantitative estimate of drug-likeness (QED) is 0.0446. The van der Waals surface area contributed by atoms with Gasteiger partial charge in [0.2, 0.25) is 0 Å². The monoisotopic (exact) mass is 1280 g/mol. The molecular formula is C46H98N6Ni5O16+4. The van der Waals surface area contributed by atoms with Crippen LogP contribution in [0.15, 0.2) is 70.1 Å². The van der Waals surface area contributed by atoms with E-state index < -0.39 is 37.7 Å². The van der Waals surface area contributed by atoms with Gasteiger partial charge in [-0.05, 0) is 134 Å². The minimum absolute atomic E-state index is 0. The molecule has 0 aromatic rings. The first kappa shape index (κ1) is 104. The van der Waals surface area contributed by atoms with Gasteiger partial charge >= 0.3 is 33.0 Å². The van der Waals surface area contributed by atoms with Crippen molar-refractivity contribution in [2.75, 3.05) is 93.6 Å². The SMILES string of the molecule is CC(O)O.CC(O)O.CC(O)O.CC(O)O.CC(O)O.CC(O)O.CCNC=C1C=C(C)C=C(CN(CC)CCN(C)C)C1=O.CCNC=C1C=C(C)C=C(CN(CC)CCN(C)C)C1=O.O.O.[Ni+2].[Ni+2].[Ni].[Ni].[Ni]. The number of aliphatic hydroxyl groups is 12. The maximum atomic E-state index is 12.5. The number of rotatable bonds is 16. The summed E-state index contributed by atoms with van der Waals surface area (Å²) in [6, 6.07) is 0. The summed E-state index contributed by atoms with van der Waals surface area (Å²) in [5.41, 5.74) is 5.57. The number of carbonyl (C=O) groups is 2. The van der Waals surface area contributed by atoms with E-state index in [0.717, 1.165) is 98.9 Å². The van der Waals surface area contributed by atoms with Gasteiger partial charge in [-0.3, -0.25) is 19.4 Å². The third-order valence-electron chi connectivity index (χ3n) is 7.01. The number of hydrogen-bond acceptors (Lipinski definition) is 20. The van der Waals surface area contributed by atoms with Crippen molar-refractivity contribution >= 4 is 11.6 Å². The Morgan fingerprint density at radius 1 is 0.452 bits per heavy atom. The van der Waals surface area contributed by atoms with Gasteiger partial charge in [0.25, 0.3) is 0 Å². The van der Waals surface area contributed by atoms with Crippen LogP contribution in [0.2, 0.25) is 0 Å². The largest absolute Gasteiger partial charge is 2.00 e. The van der Waals surface area contributed by atoms with Gasteiger partial charge in [-0.1, -0.05) is 26.0 Å². The molecule has 0 saturated heterocycles. The molecule has 0 spiro atoms. The summed E-state index contributed by atoms with van der Waals surface area (Å²) in [6.45, 7) is 29.0. The Bertz CT molecular complexity index is 1260.